The summed E-state index contributed by atoms with van der Waals surface area (Å²) in [6, 6.07) is 35.5. The number of nitrogens with zero attached hydrogens (tertiary/aromatic N) is 6. The Balaban J connectivity index is 0.000000208. The maximum absolute atomic E-state index is 13.2. The monoisotopic (exact) mass is 762 g/mol. The third-order valence-corrected chi connectivity index (χ3v) is 6.63. The van der Waals surface area contributed by atoms with Crippen molar-refractivity contribution in [2.75, 3.05) is 0 Å². The van der Waals surface area contributed by atoms with Gasteiger partial charge in [0.2, 0.25) is 0 Å². The van der Waals surface area contributed by atoms with Gasteiger partial charge in [-0.2, -0.15) is 0 Å². The molecule has 0 bridgehead atoms. The summed E-state index contributed by atoms with van der Waals surface area (Å²) in [4.78, 5) is 13.5. The minimum atomic E-state index is -0.649. The summed E-state index contributed by atoms with van der Waals surface area (Å²) in [6.45, 7) is 1.56. The molecule has 6 nitrogen and oxygen atoms in total. The van der Waals surface area contributed by atoms with Gasteiger partial charge in [0.05, 0.1) is 33.7 Å². The number of aryl methyl sites for hydroxylation is 2. The largest absolute Gasteiger partial charge is 3.00 e. The predicted molar refractivity (Wildman–Crippen MR) is 168 cm³/mol. The fraction of sp³-hybridized carbons (Fsp3) is 0.0857. The second-order valence-electron chi connectivity index (χ2n) is 9.46. The summed E-state index contributed by atoms with van der Waals surface area (Å²) in [5.74, 6) is 0.532. The Morgan fingerprint density at radius 2 is 1.27 bits per heavy atom. The van der Waals surface area contributed by atoms with Crippen LogP contribution in [0.3, 0.4) is 0 Å². The van der Waals surface area contributed by atoms with E-state index in [-0.39, 0.29) is 25.7 Å². The molecule has 0 atom stereocenters. The summed E-state index contributed by atoms with van der Waals surface area (Å²) in [5.41, 5.74) is 6.78. The van der Waals surface area contributed by atoms with Crippen molar-refractivity contribution in [3.63, 3.8) is 0 Å². The van der Waals surface area contributed by atoms with Crippen LogP contribution in [0.1, 0.15) is 6.92 Å². The number of hydrogen-bond donors (Lipinski definition) is 0. The summed E-state index contributed by atoms with van der Waals surface area (Å²) >= 11 is 0. The molecule has 0 saturated carbocycles. The van der Waals surface area contributed by atoms with Gasteiger partial charge < -0.3 is 19.5 Å². The molecule has 0 fully saturated rings. The number of hydrogen-bond acceptors (Lipinski definition) is 3. The number of para-hydroxylation sites is 4. The van der Waals surface area contributed by atoms with E-state index in [2.05, 4.69) is 38.4 Å². The second-order valence-corrected chi connectivity index (χ2v) is 9.46. The Hall–Kier alpha value is -4.85. The van der Waals surface area contributed by atoms with E-state index in [1.807, 2.05) is 68.7 Å². The van der Waals surface area contributed by atoms with Crippen LogP contribution in [0, 0.1) is 23.8 Å². The number of halogens is 2. The standard InChI is InChI=1S/C22H17N4.C11H6F2N.C2H4N.Ir/c1-25-19-12-5-3-10-17(19)23-21(25)15-8-7-9-16(14-15)22-24-18-11-4-6-13-20(18)26(22)2;12-8-4-5-9(10(13)7-8)11-3-1-2-6-14-11;1-2-3;/h3-13H,1-2H3;1-4,6-7H;2H,1H3;/q3*-1;+3. The van der Waals surface area contributed by atoms with Gasteiger partial charge in [-0.15, -0.1) is 36.4 Å². The Morgan fingerprint density at radius 1 is 0.750 bits per heavy atom. The zero-order valence-corrected chi connectivity index (χ0v) is 26.6. The van der Waals surface area contributed by atoms with Gasteiger partial charge >= 0.3 is 20.1 Å². The van der Waals surface area contributed by atoms with Crippen LogP contribution in [0.4, 0.5) is 8.78 Å². The molecule has 0 N–H and O–H groups in total. The number of imidazole rings is 2. The maximum atomic E-state index is 13.2. The molecule has 44 heavy (non-hydrogen) atoms. The summed E-state index contributed by atoms with van der Waals surface area (Å²) in [6.07, 6.45) is 2.55. The molecule has 0 unspecified atom stereocenters. The molecule has 7 rings (SSSR count). The van der Waals surface area contributed by atoms with Crippen molar-refractivity contribution in [2.24, 2.45) is 14.1 Å². The first-order valence-corrected chi connectivity index (χ1v) is 13.5. The van der Waals surface area contributed by atoms with Crippen LogP contribution in [0.2, 0.25) is 0 Å². The van der Waals surface area contributed by atoms with Crippen LogP contribution < -0.4 is 0 Å². The van der Waals surface area contributed by atoms with Crippen LogP contribution in [0.5, 0.6) is 0 Å². The summed E-state index contributed by atoms with van der Waals surface area (Å²) in [5, 5.41) is 7.44. The van der Waals surface area contributed by atoms with Gasteiger partial charge in [-0.05, 0) is 36.0 Å². The zero-order chi connectivity index (χ0) is 30.3. The van der Waals surface area contributed by atoms with Gasteiger partial charge in [-0.1, -0.05) is 66.1 Å². The number of pyridine rings is 1. The molecule has 0 saturated heterocycles. The molecule has 0 aliphatic heterocycles. The van der Waals surface area contributed by atoms with Gasteiger partial charge in [0.25, 0.3) is 0 Å². The van der Waals surface area contributed by atoms with Crippen LogP contribution in [0.15, 0.2) is 103 Å². The van der Waals surface area contributed by atoms with Gasteiger partial charge in [-0.3, -0.25) is 18.7 Å². The Labute approximate surface area is 267 Å². The van der Waals surface area contributed by atoms with Gasteiger partial charge in [0.15, 0.2) is 0 Å². The van der Waals surface area contributed by atoms with E-state index in [1.165, 1.54) is 0 Å². The molecular formula is C35H27F2IrN6. The van der Waals surface area contributed by atoms with Crippen molar-refractivity contribution < 1.29 is 28.9 Å². The van der Waals surface area contributed by atoms with Crippen molar-refractivity contribution in [1.29, 1.82) is 0 Å². The molecule has 220 valence electrons. The van der Waals surface area contributed by atoms with Gasteiger partial charge in [0.1, 0.15) is 0 Å². The number of aromatic nitrogens is 5. The Morgan fingerprint density at radius 3 is 1.75 bits per heavy atom. The number of fused-ring (bicyclic) bond motifs is 2. The molecule has 0 amide bonds. The quantitative estimate of drug-likeness (QED) is 0.135. The summed E-state index contributed by atoms with van der Waals surface area (Å²) < 4.78 is 30.0. The van der Waals surface area contributed by atoms with Crippen molar-refractivity contribution in [3.05, 3.63) is 132 Å². The zero-order valence-electron chi connectivity index (χ0n) is 24.2. The number of rotatable bonds is 3. The van der Waals surface area contributed by atoms with E-state index < -0.39 is 11.6 Å². The first kappa shape index (κ1) is 32.1. The SMILES string of the molecule is CC=[N-].Cn1c(-c2[c-]c(-c3nc4ccccc4n3C)ccc2)nc2ccccc21.Fc1c[c-]c(-c2ccccn2)c(F)c1.[Ir+3]. The first-order valence-electron chi connectivity index (χ1n) is 13.5. The average Bonchev–Trinajstić information content (AvgIpc) is 3.55. The Kier molecular flexibility index (Phi) is 10.6. The molecule has 7 aromatic rings. The van der Waals surface area contributed by atoms with E-state index in [0.29, 0.717) is 5.69 Å². The van der Waals surface area contributed by atoms with Crippen LogP contribution >= 0.6 is 0 Å². The molecule has 4 aromatic carbocycles. The predicted octanol–water partition coefficient (Wildman–Crippen LogP) is 8.07. The number of benzene rings is 4. The fourth-order valence-electron chi connectivity index (χ4n) is 4.65. The minimum absolute atomic E-state index is 0. The van der Waals surface area contributed by atoms with E-state index in [1.54, 1.807) is 31.3 Å². The van der Waals surface area contributed by atoms with Crippen molar-refractivity contribution in [2.45, 2.75) is 6.92 Å². The average molecular weight is 762 g/mol. The van der Waals surface area contributed by atoms with E-state index in [0.717, 1.165) is 63.2 Å². The maximum Gasteiger partial charge on any atom is 3.00 e. The smallest absolute Gasteiger partial charge is 0.814 e. The van der Waals surface area contributed by atoms with Crippen molar-refractivity contribution in [3.8, 4) is 34.0 Å². The molecule has 0 aliphatic carbocycles. The van der Waals surface area contributed by atoms with E-state index in [9.17, 15) is 8.78 Å². The van der Waals surface area contributed by atoms with Gasteiger partial charge in [-0.25, -0.2) is 6.21 Å². The third-order valence-electron chi connectivity index (χ3n) is 6.63. The molecule has 9 heteroatoms. The molecule has 0 aliphatic rings. The Bertz CT molecular complexity index is 1920. The van der Waals surface area contributed by atoms with Crippen molar-refractivity contribution >= 4 is 28.3 Å². The normalized spacial score (nSPS) is 10.3. The fourth-order valence-corrected chi connectivity index (χ4v) is 4.65. The van der Waals surface area contributed by atoms with Crippen molar-refractivity contribution in [1.82, 2.24) is 24.1 Å². The third kappa shape index (κ3) is 6.86. The second kappa shape index (κ2) is 14.6. The molecule has 0 spiro atoms. The topological polar surface area (TPSA) is 70.8 Å². The van der Waals surface area contributed by atoms with Crippen LogP contribution in [-0.4, -0.2) is 30.3 Å². The summed E-state index contributed by atoms with van der Waals surface area (Å²) in [7, 11) is 4.08. The van der Waals surface area contributed by atoms with Crippen LogP contribution in [-0.2, 0) is 34.2 Å². The van der Waals surface area contributed by atoms with E-state index >= 15 is 0 Å². The van der Waals surface area contributed by atoms with Crippen LogP contribution in [0.25, 0.3) is 61.5 Å². The molecule has 0 radical (unpaired) electrons. The van der Waals surface area contributed by atoms with Gasteiger partial charge in [0, 0.05) is 31.9 Å². The minimum Gasteiger partial charge on any atom is -0.814 e. The van der Waals surface area contributed by atoms with E-state index in [4.69, 9.17) is 15.4 Å². The molecule has 3 aromatic heterocycles. The first-order chi connectivity index (χ1) is 20.9. The molecular weight excluding hydrogens is 735 g/mol. The molecule has 3 heterocycles.